The third kappa shape index (κ3) is 3.85. The molecule has 0 spiro atoms. The second-order valence-electron chi connectivity index (χ2n) is 8.19. The van der Waals surface area contributed by atoms with E-state index in [1.807, 2.05) is 18.2 Å². The molecule has 146 valence electrons. The Hall–Kier alpha value is -2.48. The third-order valence-corrected chi connectivity index (χ3v) is 9.10. The van der Waals surface area contributed by atoms with Crippen molar-refractivity contribution in [1.29, 1.82) is 0 Å². The average Bonchev–Trinajstić information content (AvgIpc) is 2.75. The van der Waals surface area contributed by atoms with E-state index >= 15 is 0 Å². The molecule has 1 unspecified atom stereocenters. The number of hydrazone groups is 1. The lowest BCUT2D eigenvalue weighted by atomic mass is 9.92. The average molecular weight is 417 g/mol. The van der Waals surface area contributed by atoms with Gasteiger partial charge in [-0.3, -0.25) is 0 Å². The highest BCUT2D eigenvalue weighted by Gasteiger charge is 2.36. The molecule has 3 aromatic carbocycles. The van der Waals surface area contributed by atoms with E-state index in [4.69, 9.17) is 16.9 Å². The van der Waals surface area contributed by atoms with E-state index in [0.717, 1.165) is 22.4 Å². The molecule has 4 heteroatoms. The van der Waals surface area contributed by atoms with Crippen molar-refractivity contribution in [2.45, 2.75) is 20.8 Å². The minimum atomic E-state index is -2.23. The maximum atomic E-state index is 6.45. The summed E-state index contributed by atoms with van der Waals surface area (Å²) in [5.41, 5.74) is 4.17. The summed E-state index contributed by atoms with van der Waals surface area (Å²) in [5.74, 6) is 2.33. The fourth-order valence-corrected chi connectivity index (χ4v) is 7.28. The van der Waals surface area contributed by atoms with Crippen molar-refractivity contribution in [3.63, 3.8) is 0 Å². The van der Waals surface area contributed by atoms with Gasteiger partial charge >= 0.3 is 0 Å². The van der Waals surface area contributed by atoms with Crippen molar-refractivity contribution < 1.29 is 0 Å². The molecular weight excluding hydrogens is 391 g/mol. The molecule has 2 nitrogen and oxygen atoms in total. The van der Waals surface area contributed by atoms with Crippen LogP contribution >= 0.6 is 6.04 Å². The van der Waals surface area contributed by atoms with Crippen LogP contribution in [0.5, 0.6) is 0 Å². The van der Waals surface area contributed by atoms with Crippen LogP contribution in [0.3, 0.4) is 0 Å². The minimum absolute atomic E-state index is 0.0968. The summed E-state index contributed by atoms with van der Waals surface area (Å²) < 4.78 is 0. The molecule has 1 heterocycles. The fraction of sp³-hybridized carbons (Fsp3) is 0.160. The van der Waals surface area contributed by atoms with Crippen molar-refractivity contribution in [3.8, 4) is 0 Å². The quantitative estimate of drug-likeness (QED) is 0.449. The summed E-state index contributed by atoms with van der Waals surface area (Å²) in [6.07, 6.45) is 0. The summed E-state index contributed by atoms with van der Waals surface area (Å²) in [7, 11) is 0. The molecule has 0 aromatic heterocycles. The number of allylic oxidation sites excluding steroid dienone is 1. The molecule has 4 rings (SSSR count). The highest BCUT2D eigenvalue weighted by molar-refractivity contribution is 8.28. The zero-order chi connectivity index (χ0) is 20.5. The van der Waals surface area contributed by atoms with Gasteiger partial charge in [0.1, 0.15) is 5.45 Å². The summed E-state index contributed by atoms with van der Waals surface area (Å²) in [6.45, 7) is 6.67. The molecular formula is C25H25N2PS. The lowest BCUT2D eigenvalue weighted by Crippen LogP contribution is -2.32. The Morgan fingerprint density at radius 1 is 0.759 bits per heavy atom. The third-order valence-electron chi connectivity index (χ3n) is 4.98. The van der Waals surface area contributed by atoms with Crippen LogP contribution in [-0.2, 0) is 11.8 Å². The predicted octanol–water partition coefficient (Wildman–Crippen LogP) is 6.56. The van der Waals surface area contributed by atoms with E-state index in [9.17, 15) is 0 Å². The number of benzene rings is 3. The van der Waals surface area contributed by atoms with Crippen molar-refractivity contribution in [2.24, 2.45) is 10.5 Å². The Morgan fingerprint density at radius 2 is 1.28 bits per heavy atom. The van der Waals surface area contributed by atoms with Crippen LogP contribution in [-0.4, -0.2) is 5.45 Å². The second kappa shape index (κ2) is 7.74. The fourth-order valence-electron chi connectivity index (χ4n) is 3.46. The van der Waals surface area contributed by atoms with Crippen LogP contribution in [0.4, 0.5) is 5.69 Å². The predicted molar refractivity (Wildman–Crippen MR) is 130 cm³/mol. The molecule has 1 aliphatic rings. The lowest BCUT2D eigenvalue weighted by Gasteiger charge is -2.38. The van der Waals surface area contributed by atoms with E-state index in [1.165, 1.54) is 5.30 Å². The van der Waals surface area contributed by atoms with E-state index in [2.05, 4.69) is 104 Å². The van der Waals surface area contributed by atoms with Crippen molar-refractivity contribution in [1.82, 2.24) is 0 Å². The highest BCUT2D eigenvalue weighted by atomic mass is 32.4. The van der Waals surface area contributed by atoms with Gasteiger partial charge in [-0.05, 0) is 23.3 Å². The van der Waals surface area contributed by atoms with Crippen LogP contribution < -0.4 is 10.3 Å². The first-order valence-corrected chi connectivity index (χ1v) is 12.7. The smallest absolute Gasteiger partial charge is 0.109 e. The molecule has 1 atom stereocenters. The number of nitrogens with zero attached hydrogens (tertiary/aromatic N) is 2. The Kier molecular flexibility index (Phi) is 5.29. The number of hydrogen-bond acceptors (Lipinski definition) is 3. The van der Waals surface area contributed by atoms with Crippen LogP contribution in [0.2, 0.25) is 0 Å². The van der Waals surface area contributed by atoms with Gasteiger partial charge < -0.3 is 0 Å². The minimum Gasteiger partial charge on any atom is -0.237 e. The van der Waals surface area contributed by atoms with Gasteiger partial charge in [-0.1, -0.05) is 111 Å². The maximum Gasteiger partial charge on any atom is 0.109 e. The molecule has 0 amide bonds. The molecule has 0 aliphatic carbocycles. The number of hydrogen-bond donors (Lipinski definition) is 0. The van der Waals surface area contributed by atoms with Crippen molar-refractivity contribution in [2.75, 3.05) is 5.01 Å². The largest absolute Gasteiger partial charge is 0.237 e. The zero-order valence-corrected chi connectivity index (χ0v) is 18.7. The zero-order valence-electron chi connectivity index (χ0n) is 17.0. The molecule has 3 aromatic rings. The van der Waals surface area contributed by atoms with Gasteiger partial charge in [0, 0.05) is 16.7 Å². The van der Waals surface area contributed by atoms with Crippen molar-refractivity contribution >= 4 is 34.3 Å². The first-order valence-electron chi connectivity index (χ1n) is 9.78. The molecule has 0 radical (unpaired) electrons. The Balaban J connectivity index is 2.00. The molecule has 0 bridgehead atoms. The highest BCUT2D eigenvalue weighted by Crippen LogP contribution is 2.56. The van der Waals surface area contributed by atoms with Crippen molar-refractivity contribution in [3.05, 3.63) is 108 Å². The van der Waals surface area contributed by atoms with Crippen LogP contribution in [0, 0.1) is 5.41 Å². The molecule has 0 fully saturated rings. The van der Waals surface area contributed by atoms with E-state index < -0.39 is 6.04 Å². The summed E-state index contributed by atoms with van der Waals surface area (Å²) >= 11 is 6.45. The molecule has 0 N–H and O–H groups in total. The number of anilines is 1. The monoisotopic (exact) mass is 416 g/mol. The van der Waals surface area contributed by atoms with Crippen LogP contribution in [0.15, 0.2) is 108 Å². The molecule has 1 aliphatic heterocycles. The van der Waals surface area contributed by atoms with E-state index in [1.54, 1.807) is 0 Å². The van der Waals surface area contributed by atoms with Crippen LogP contribution in [0.1, 0.15) is 26.3 Å². The van der Waals surface area contributed by atoms with E-state index in [-0.39, 0.29) is 5.41 Å². The van der Waals surface area contributed by atoms with Gasteiger partial charge in [0.2, 0.25) is 0 Å². The Labute approximate surface area is 178 Å². The molecule has 0 saturated carbocycles. The normalized spacial score (nSPS) is 19.5. The van der Waals surface area contributed by atoms with E-state index in [0.29, 0.717) is 0 Å². The van der Waals surface area contributed by atoms with Gasteiger partial charge in [0.25, 0.3) is 0 Å². The number of para-hydroxylation sites is 1. The molecule has 29 heavy (non-hydrogen) atoms. The van der Waals surface area contributed by atoms with Gasteiger partial charge in [0.15, 0.2) is 0 Å². The van der Waals surface area contributed by atoms with Crippen LogP contribution in [0.25, 0.3) is 0 Å². The standard InChI is InChI=1S/C25H25N2PS/c1-25(2,3)23-19-28(29,22-17-11-6-12-18-22)24(20-13-7-4-8-14-20)26-27(23)21-15-9-5-10-16-21/h4-19H,1-3H3. The second-order valence-corrected chi connectivity index (χ2v) is 12.4. The lowest BCUT2D eigenvalue weighted by molar-refractivity contribution is 0.486. The Bertz CT molecular complexity index is 1100. The molecule has 0 saturated heterocycles. The Morgan fingerprint density at radius 3 is 1.83 bits per heavy atom. The first-order chi connectivity index (χ1) is 13.9. The topological polar surface area (TPSA) is 15.6 Å². The van der Waals surface area contributed by atoms with Gasteiger partial charge in [-0.2, -0.15) is 5.10 Å². The SMILES string of the molecule is CC(C)(C)C1=CP(=S)(c2ccccc2)C(c2ccccc2)=NN1c1ccccc1. The maximum absolute atomic E-state index is 6.45. The first kappa shape index (κ1) is 19.8. The van der Waals surface area contributed by atoms with Gasteiger partial charge in [0.05, 0.1) is 11.7 Å². The summed E-state index contributed by atoms with van der Waals surface area (Å²) in [4.78, 5) is 0. The summed E-state index contributed by atoms with van der Waals surface area (Å²) in [6, 6.07) is 28.9. The number of rotatable bonds is 3. The summed E-state index contributed by atoms with van der Waals surface area (Å²) in [5, 5.41) is 8.48. The van der Waals surface area contributed by atoms with Gasteiger partial charge in [-0.15, -0.1) is 0 Å². The van der Waals surface area contributed by atoms with Gasteiger partial charge in [-0.25, -0.2) is 5.01 Å².